The van der Waals surface area contributed by atoms with Crippen LogP contribution in [0, 0.1) is 0 Å². The van der Waals surface area contributed by atoms with Crippen molar-refractivity contribution in [2.24, 2.45) is 0 Å². The second-order valence-electron chi connectivity index (χ2n) is 2.48. The molecule has 1 rings (SSSR count). The second-order valence-corrected chi connectivity index (χ2v) is 6.21. The molecule has 0 bridgehead atoms. The first-order valence-electron chi connectivity index (χ1n) is 3.10. The molecular formula is C7H12ClOP. The van der Waals surface area contributed by atoms with Crippen LogP contribution in [0.4, 0.5) is 0 Å². The predicted octanol–water partition coefficient (Wildman–Crippen LogP) is -1.33. The molecule has 1 heterocycles. The van der Waals surface area contributed by atoms with Crippen LogP contribution >= 0.6 is 7.26 Å². The molecule has 0 amide bonds. The van der Waals surface area contributed by atoms with Crippen molar-refractivity contribution in [3.05, 3.63) is 23.8 Å². The van der Waals surface area contributed by atoms with Gasteiger partial charge in [0.15, 0.2) is 0 Å². The average molecular weight is 179 g/mol. The third-order valence-corrected chi connectivity index (χ3v) is 4.42. The van der Waals surface area contributed by atoms with Crippen LogP contribution in [0.3, 0.4) is 0 Å². The smallest absolute Gasteiger partial charge is 0.0905 e. The van der Waals surface area contributed by atoms with Crippen LogP contribution in [0.1, 0.15) is 0 Å². The molecule has 0 saturated heterocycles. The fraction of sp³-hybridized carbons (Fsp3) is 0.429. The molecule has 58 valence electrons. The minimum absolute atomic E-state index is 0. The lowest BCUT2D eigenvalue weighted by Gasteiger charge is -2.07. The maximum absolute atomic E-state index is 8.65. The summed E-state index contributed by atoms with van der Waals surface area (Å²) in [5, 5.41) is 8.65. The first kappa shape index (κ1) is 10.2. The Morgan fingerprint density at radius 3 is 2.20 bits per heavy atom. The number of rotatable bonds is 2. The Hall–Kier alpha value is 0.160. The molecule has 0 aliphatic carbocycles. The standard InChI is InChI=1S/C7H12OP.ClH/c1-9(7-4-8)5-2-3-6-9;/h2-3,5-6,8H,4,7H2,1H3;1H/q+1;/p-1. The summed E-state index contributed by atoms with van der Waals surface area (Å²) in [7, 11) is -0.931. The van der Waals surface area contributed by atoms with Gasteiger partial charge in [-0.3, -0.25) is 0 Å². The van der Waals surface area contributed by atoms with Gasteiger partial charge in [-0.25, -0.2) is 0 Å². The predicted molar refractivity (Wildman–Crippen MR) is 43.1 cm³/mol. The summed E-state index contributed by atoms with van der Waals surface area (Å²) in [5.41, 5.74) is 0. The zero-order valence-electron chi connectivity index (χ0n) is 6.00. The van der Waals surface area contributed by atoms with Gasteiger partial charge in [0.25, 0.3) is 0 Å². The first-order valence-corrected chi connectivity index (χ1v) is 5.66. The molecule has 0 saturated carbocycles. The van der Waals surface area contributed by atoms with Gasteiger partial charge in [0.1, 0.15) is 0 Å². The van der Waals surface area contributed by atoms with Crippen molar-refractivity contribution in [2.75, 3.05) is 19.4 Å². The molecule has 0 aromatic rings. The maximum atomic E-state index is 8.65. The molecule has 10 heavy (non-hydrogen) atoms. The lowest BCUT2D eigenvalue weighted by molar-refractivity contribution is -0.00000311. The summed E-state index contributed by atoms with van der Waals surface area (Å²) in [6.45, 7) is 2.54. The lowest BCUT2D eigenvalue weighted by atomic mass is 10.6. The van der Waals surface area contributed by atoms with Gasteiger partial charge < -0.3 is 17.5 Å². The highest BCUT2D eigenvalue weighted by Crippen LogP contribution is 2.60. The summed E-state index contributed by atoms with van der Waals surface area (Å²) < 4.78 is 0. The molecule has 1 N–H and O–H groups in total. The van der Waals surface area contributed by atoms with Gasteiger partial charge in [-0.15, -0.1) is 0 Å². The van der Waals surface area contributed by atoms with Crippen molar-refractivity contribution in [3.8, 4) is 0 Å². The Morgan fingerprint density at radius 2 is 1.80 bits per heavy atom. The SMILES string of the molecule is C[P+]1(CCO)C=CC=C1.[Cl-]. The number of allylic oxidation sites excluding steroid dienone is 2. The van der Waals surface area contributed by atoms with Crippen molar-refractivity contribution in [1.29, 1.82) is 0 Å². The van der Waals surface area contributed by atoms with Crippen molar-refractivity contribution in [1.82, 2.24) is 0 Å². The normalized spacial score (nSPS) is 19.0. The Bertz CT molecular complexity index is 142. The number of aliphatic hydroxyl groups is 1. The summed E-state index contributed by atoms with van der Waals surface area (Å²) in [6, 6.07) is 0. The Labute approximate surface area is 68.6 Å². The molecule has 1 aliphatic rings. The molecule has 0 radical (unpaired) electrons. The molecule has 0 fully saturated rings. The van der Waals surface area contributed by atoms with Gasteiger partial charge in [-0.1, -0.05) is 0 Å². The third-order valence-electron chi connectivity index (χ3n) is 1.55. The van der Waals surface area contributed by atoms with Crippen LogP contribution in [0.5, 0.6) is 0 Å². The van der Waals surface area contributed by atoms with Gasteiger partial charge in [0.2, 0.25) is 0 Å². The van der Waals surface area contributed by atoms with Crippen LogP contribution in [0.25, 0.3) is 0 Å². The Morgan fingerprint density at radius 1 is 1.30 bits per heavy atom. The largest absolute Gasteiger partial charge is 1.00 e. The van der Waals surface area contributed by atoms with E-state index in [4.69, 9.17) is 5.11 Å². The number of hydrogen-bond donors (Lipinski definition) is 1. The zero-order chi connectivity index (χ0) is 6.74. The topological polar surface area (TPSA) is 20.2 Å². The van der Waals surface area contributed by atoms with Crippen LogP contribution in [-0.4, -0.2) is 24.5 Å². The van der Waals surface area contributed by atoms with Crippen molar-refractivity contribution >= 4 is 7.26 Å². The van der Waals surface area contributed by atoms with Crippen LogP contribution in [0.15, 0.2) is 23.8 Å². The molecule has 0 unspecified atom stereocenters. The molecule has 0 aromatic heterocycles. The molecule has 1 aliphatic heterocycles. The van der Waals surface area contributed by atoms with E-state index >= 15 is 0 Å². The van der Waals surface area contributed by atoms with Crippen molar-refractivity contribution in [3.63, 3.8) is 0 Å². The van der Waals surface area contributed by atoms with E-state index in [9.17, 15) is 0 Å². The van der Waals surface area contributed by atoms with E-state index in [0.717, 1.165) is 6.16 Å². The van der Waals surface area contributed by atoms with Gasteiger partial charge in [0, 0.05) is 0 Å². The minimum Gasteiger partial charge on any atom is -1.00 e. The van der Waals surface area contributed by atoms with E-state index < -0.39 is 7.26 Å². The highest BCUT2D eigenvalue weighted by molar-refractivity contribution is 7.81. The van der Waals surface area contributed by atoms with Crippen LogP contribution in [-0.2, 0) is 0 Å². The number of halogens is 1. The van der Waals surface area contributed by atoms with Crippen molar-refractivity contribution in [2.45, 2.75) is 0 Å². The Kier molecular flexibility index (Phi) is 4.19. The van der Waals surface area contributed by atoms with Crippen molar-refractivity contribution < 1.29 is 17.5 Å². The van der Waals surface area contributed by atoms with Crippen LogP contribution in [0.2, 0.25) is 0 Å². The van der Waals surface area contributed by atoms with Gasteiger partial charge >= 0.3 is 0 Å². The highest BCUT2D eigenvalue weighted by Gasteiger charge is 2.26. The van der Waals surface area contributed by atoms with E-state index in [0.29, 0.717) is 6.61 Å². The summed E-state index contributed by atoms with van der Waals surface area (Å²) in [6.07, 6.45) is 5.09. The van der Waals surface area contributed by atoms with E-state index in [1.165, 1.54) is 0 Å². The number of aliphatic hydroxyl groups excluding tert-OH is 1. The lowest BCUT2D eigenvalue weighted by Crippen LogP contribution is -3.00. The van der Waals surface area contributed by atoms with Gasteiger partial charge in [-0.05, 0) is 12.2 Å². The number of hydrogen-bond acceptors (Lipinski definition) is 1. The highest BCUT2D eigenvalue weighted by atomic mass is 35.5. The fourth-order valence-electron chi connectivity index (χ4n) is 0.907. The van der Waals surface area contributed by atoms with Gasteiger partial charge in [0.05, 0.1) is 38.3 Å². The fourth-order valence-corrected chi connectivity index (χ4v) is 2.72. The quantitative estimate of drug-likeness (QED) is 0.520. The van der Waals surface area contributed by atoms with E-state index in [1.807, 2.05) is 0 Å². The summed E-state index contributed by atoms with van der Waals surface area (Å²) in [5.74, 6) is 4.45. The molecule has 1 nitrogen and oxygen atoms in total. The molecule has 0 spiro atoms. The average Bonchev–Trinajstić information content (AvgIpc) is 2.16. The Balaban J connectivity index is 0.000000810. The third kappa shape index (κ3) is 2.42. The molecule has 0 aromatic carbocycles. The van der Waals surface area contributed by atoms with E-state index in [-0.39, 0.29) is 12.4 Å². The molecular weight excluding hydrogens is 167 g/mol. The first-order chi connectivity index (χ1) is 4.27. The maximum Gasteiger partial charge on any atom is 0.0905 e. The van der Waals surface area contributed by atoms with E-state index in [2.05, 4.69) is 30.5 Å². The van der Waals surface area contributed by atoms with Crippen LogP contribution < -0.4 is 12.4 Å². The summed E-state index contributed by atoms with van der Waals surface area (Å²) >= 11 is 0. The zero-order valence-corrected chi connectivity index (χ0v) is 7.65. The second kappa shape index (κ2) is 4.12. The molecule has 0 atom stereocenters. The summed E-state index contributed by atoms with van der Waals surface area (Å²) in [4.78, 5) is 0. The molecule has 3 heteroatoms. The van der Waals surface area contributed by atoms with Gasteiger partial charge in [-0.2, -0.15) is 0 Å². The minimum atomic E-state index is -0.931. The monoisotopic (exact) mass is 178 g/mol. The van der Waals surface area contributed by atoms with E-state index in [1.54, 1.807) is 0 Å².